The summed E-state index contributed by atoms with van der Waals surface area (Å²) in [5, 5.41) is 0. The van der Waals surface area contributed by atoms with Crippen LogP contribution in [0.4, 0.5) is 11.4 Å². The monoisotopic (exact) mass is 873 g/mol. The second-order valence-corrected chi connectivity index (χ2v) is 19.0. The van der Waals surface area contributed by atoms with Crippen LogP contribution >= 0.6 is 0 Å². The minimum absolute atomic E-state index is 0.0757. The van der Waals surface area contributed by atoms with Crippen LogP contribution in [-0.4, -0.2) is 0 Å². The van der Waals surface area contributed by atoms with Crippen LogP contribution in [0, 0.1) is 0 Å². The molecule has 1 heteroatoms. The molecule has 13 rings (SSSR count). The van der Waals surface area contributed by atoms with Gasteiger partial charge in [0.2, 0.25) is 0 Å². The zero-order valence-electron chi connectivity index (χ0n) is 39.4. The molecule has 0 unspecified atom stereocenters. The van der Waals surface area contributed by atoms with Gasteiger partial charge in [-0.1, -0.05) is 228 Å². The van der Waals surface area contributed by atoms with E-state index in [0.717, 1.165) is 18.5 Å². The molecule has 0 bridgehead atoms. The third kappa shape index (κ3) is 5.88. The fourth-order valence-corrected chi connectivity index (χ4v) is 12.6. The Labute approximate surface area is 402 Å². The molecular weight excluding hydrogens is 819 g/mol. The third-order valence-corrected chi connectivity index (χ3v) is 15.4. The first-order valence-corrected chi connectivity index (χ1v) is 24.6. The fourth-order valence-electron chi connectivity index (χ4n) is 12.6. The topological polar surface area (TPSA) is 3.24 Å². The first-order chi connectivity index (χ1) is 33.5. The maximum absolute atomic E-state index is 2.46. The molecule has 68 heavy (non-hydrogen) atoms. The van der Waals surface area contributed by atoms with Gasteiger partial charge in [0, 0.05) is 22.5 Å². The van der Waals surface area contributed by atoms with Crippen molar-refractivity contribution in [1.29, 1.82) is 0 Å². The second kappa shape index (κ2) is 16.2. The standard InChI is InChI=1S/C65H49N.C2H6/c1-63(2)55-28-14-12-26-51(55)53-40-39-50(43-62(53)63)66(48-24-10-5-11-25-48)49-37-34-44(35-38-49)45-36-41-57-54(42-45)52-27-13-15-29-56(52)65(57)60-32-18-16-30-58(60)64(46-20-6-3-7-21-46,47-22-8-4-9-23-47)59-31-17-19-33-61(59)65;1-2/h3-4,6-10,12-43H,5,11H2,1-2H3;1-2H3. The predicted octanol–water partition coefficient (Wildman–Crippen LogP) is 17.1. The first-order valence-electron chi connectivity index (χ1n) is 24.6. The van der Waals surface area contributed by atoms with Gasteiger partial charge in [-0.05, 0) is 138 Å². The van der Waals surface area contributed by atoms with E-state index in [-0.39, 0.29) is 5.41 Å². The highest BCUT2D eigenvalue weighted by Crippen LogP contribution is 2.64. The summed E-state index contributed by atoms with van der Waals surface area (Å²) in [4.78, 5) is 2.45. The lowest BCUT2D eigenvalue weighted by atomic mass is 9.51. The minimum Gasteiger partial charge on any atom is -0.311 e. The zero-order valence-corrected chi connectivity index (χ0v) is 39.4. The average molecular weight is 874 g/mol. The van der Waals surface area contributed by atoms with Crippen LogP contribution in [-0.2, 0) is 16.2 Å². The molecule has 4 aliphatic carbocycles. The van der Waals surface area contributed by atoms with E-state index in [2.05, 4.69) is 255 Å². The van der Waals surface area contributed by atoms with Crippen molar-refractivity contribution >= 4 is 11.4 Å². The molecule has 0 N–H and O–H groups in total. The average Bonchev–Trinajstić information content (AvgIpc) is 3.83. The molecule has 0 saturated heterocycles. The summed E-state index contributed by atoms with van der Waals surface area (Å²) in [7, 11) is 0. The summed E-state index contributed by atoms with van der Waals surface area (Å²) in [5.41, 5.74) is 23.5. The smallest absolute Gasteiger partial charge is 0.0720 e. The number of nitrogens with zero attached hydrogens (tertiary/aromatic N) is 1. The Hall–Kier alpha value is -7.74. The highest BCUT2D eigenvalue weighted by molar-refractivity contribution is 5.92. The van der Waals surface area contributed by atoms with E-state index in [9.17, 15) is 0 Å². The maximum atomic E-state index is 2.46. The molecule has 1 nitrogen and oxygen atoms in total. The van der Waals surface area contributed by atoms with E-state index in [1.165, 1.54) is 100 Å². The predicted molar refractivity (Wildman–Crippen MR) is 285 cm³/mol. The maximum Gasteiger partial charge on any atom is 0.0720 e. The fraction of sp³-hybridized carbons (Fsp3) is 0.134. The lowest BCUT2D eigenvalue weighted by molar-refractivity contribution is 0.623. The van der Waals surface area contributed by atoms with Crippen molar-refractivity contribution in [3.8, 4) is 33.4 Å². The van der Waals surface area contributed by atoms with Crippen LogP contribution in [0.15, 0.2) is 242 Å². The van der Waals surface area contributed by atoms with Crippen LogP contribution < -0.4 is 4.90 Å². The molecular formula is C67H55N. The molecule has 0 radical (unpaired) electrons. The van der Waals surface area contributed by atoms with Crippen molar-refractivity contribution in [3.05, 3.63) is 298 Å². The number of hydrogen-bond donors (Lipinski definition) is 0. The summed E-state index contributed by atoms with van der Waals surface area (Å²) < 4.78 is 0. The van der Waals surface area contributed by atoms with Gasteiger partial charge < -0.3 is 4.90 Å². The molecule has 1 spiro atoms. The molecule has 0 heterocycles. The number of hydrogen-bond acceptors (Lipinski definition) is 1. The van der Waals surface area contributed by atoms with E-state index in [4.69, 9.17) is 0 Å². The molecule has 0 amide bonds. The van der Waals surface area contributed by atoms with Gasteiger partial charge >= 0.3 is 0 Å². The van der Waals surface area contributed by atoms with Gasteiger partial charge in [0.05, 0.1) is 10.8 Å². The zero-order chi connectivity index (χ0) is 46.0. The van der Waals surface area contributed by atoms with Crippen LogP contribution in [0.3, 0.4) is 0 Å². The molecule has 9 aromatic rings. The SMILES string of the molecule is CC.CC1(C)c2ccccc2-c2ccc(N(C3=CCCC=C3)c3ccc(-c4ccc5c(c4)-c4ccccc4C54c5ccccc5C(c5ccccc5)(c5ccccc5)c5ccccc54)cc3)cc21. The number of rotatable bonds is 6. The van der Waals surface area contributed by atoms with Gasteiger partial charge in [0.25, 0.3) is 0 Å². The van der Waals surface area contributed by atoms with Crippen LogP contribution in [0.5, 0.6) is 0 Å². The first kappa shape index (κ1) is 41.7. The van der Waals surface area contributed by atoms with Gasteiger partial charge in [0.15, 0.2) is 0 Å². The summed E-state index contributed by atoms with van der Waals surface area (Å²) in [6.07, 6.45) is 9.10. The van der Waals surface area contributed by atoms with Gasteiger partial charge in [-0.2, -0.15) is 0 Å². The van der Waals surface area contributed by atoms with Gasteiger partial charge in [0.1, 0.15) is 0 Å². The van der Waals surface area contributed by atoms with Crippen LogP contribution in [0.2, 0.25) is 0 Å². The lowest BCUT2D eigenvalue weighted by Crippen LogP contribution is -2.44. The van der Waals surface area contributed by atoms with Crippen molar-refractivity contribution in [1.82, 2.24) is 0 Å². The molecule has 9 aromatic carbocycles. The van der Waals surface area contributed by atoms with E-state index in [1.807, 2.05) is 13.8 Å². The largest absolute Gasteiger partial charge is 0.311 e. The molecule has 328 valence electrons. The van der Waals surface area contributed by atoms with Crippen molar-refractivity contribution < 1.29 is 0 Å². The Morgan fingerprint density at radius 1 is 0.353 bits per heavy atom. The number of anilines is 2. The van der Waals surface area contributed by atoms with E-state index < -0.39 is 10.8 Å². The summed E-state index contributed by atoms with van der Waals surface area (Å²) >= 11 is 0. The van der Waals surface area contributed by atoms with Crippen molar-refractivity contribution in [2.24, 2.45) is 0 Å². The van der Waals surface area contributed by atoms with Crippen LogP contribution in [0.1, 0.15) is 96.2 Å². The second-order valence-electron chi connectivity index (χ2n) is 19.0. The Balaban J connectivity index is 0.00000237. The number of allylic oxidation sites excluding steroid dienone is 3. The Kier molecular flexibility index (Phi) is 9.96. The van der Waals surface area contributed by atoms with Gasteiger partial charge in [-0.25, -0.2) is 0 Å². The Bertz CT molecular complexity index is 3350. The lowest BCUT2D eigenvalue weighted by Gasteiger charge is -2.50. The summed E-state index contributed by atoms with van der Waals surface area (Å²) in [6, 6.07) is 82.6. The molecule has 0 saturated carbocycles. The highest BCUT2D eigenvalue weighted by Gasteiger charge is 2.56. The van der Waals surface area contributed by atoms with Crippen molar-refractivity contribution in [2.45, 2.75) is 56.8 Å². The van der Waals surface area contributed by atoms with Crippen molar-refractivity contribution in [3.63, 3.8) is 0 Å². The van der Waals surface area contributed by atoms with E-state index in [0.29, 0.717) is 0 Å². The molecule has 0 aliphatic heterocycles. The van der Waals surface area contributed by atoms with Crippen LogP contribution in [0.25, 0.3) is 33.4 Å². The summed E-state index contributed by atoms with van der Waals surface area (Å²) in [6.45, 7) is 8.73. The quantitative estimate of drug-likeness (QED) is 0.161. The van der Waals surface area contributed by atoms with Gasteiger partial charge in [-0.15, -0.1) is 0 Å². The molecule has 0 atom stereocenters. The number of fused-ring (bicyclic) bond motifs is 12. The van der Waals surface area contributed by atoms with Gasteiger partial charge in [-0.3, -0.25) is 0 Å². The minimum atomic E-state index is -0.515. The Morgan fingerprint density at radius 3 is 1.41 bits per heavy atom. The number of benzene rings is 9. The normalized spacial score (nSPS) is 15.6. The molecule has 4 aliphatic rings. The molecule has 0 fully saturated rings. The Morgan fingerprint density at radius 2 is 0.824 bits per heavy atom. The third-order valence-electron chi connectivity index (χ3n) is 15.4. The molecule has 0 aromatic heterocycles. The van der Waals surface area contributed by atoms with E-state index in [1.54, 1.807) is 0 Å². The van der Waals surface area contributed by atoms with Crippen molar-refractivity contribution in [2.75, 3.05) is 4.90 Å². The summed E-state index contributed by atoms with van der Waals surface area (Å²) in [5.74, 6) is 0. The van der Waals surface area contributed by atoms with E-state index >= 15 is 0 Å². The highest BCUT2D eigenvalue weighted by atomic mass is 15.1.